The molecule has 5 heteroatoms. The molecule has 0 saturated carbocycles. The van der Waals surface area contributed by atoms with Crippen LogP contribution in [-0.4, -0.2) is 9.55 Å². The lowest BCUT2D eigenvalue weighted by Gasteiger charge is -2.07. The van der Waals surface area contributed by atoms with Crippen LogP contribution in [0.3, 0.4) is 0 Å². The Morgan fingerprint density at radius 3 is 2.58 bits per heavy atom. The molecule has 94 valence electrons. The molecule has 1 heterocycles. The molecule has 0 radical (unpaired) electrons. The standard InChI is InChI=1S/C14H8BrClN2O/c15-10-6-7-11-12(13(10)16)14(19)18(8-17-11)9-4-2-1-3-5-9/h1-8H. The van der Waals surface area contributed by atoms with Crippen LogP contribution >= 0.6 is 27.5 Å². The Bertz CT molecular complexity index is 815. The van der Waals surface area contributed by atoms with Crippen LogP contribution in [0.2, 0.25) is 5.02 Å². The summed E-state index contributed by atoms with van der Waals surface area (Å²) in [6.45, 7) is 0. The van der Waals surface area contributed by atoms with E-state index in [9.17, 15) is 4.79 Å². The van der Waals surface area contributed by atoms with E-state index in [2.05, 4.69) is 20.9 Å². The van der Waals surface area contributed by atoms with Gasteiger partial charge in [0.05, 0.1) is 21.6 Å². The van der Waals surface area contributed by atoms with Crippen molar-refractivity contribution in [3.8, 4) is 5.69 Å². The van der Waals surface area contributed by atoms with Crippen molar-refractivity contribution < 1.29 is 0 Å². The van der Waals surface area contributed by atoms with Crippen molar-refractivity contribution in [2.75, 3.05) is 0 Å². The van der Waals surface area contributed by atoms with Gasteiger partial charge in [-0.2, -0.15) is 0 Å². The van der Waals surface area contributed by atoms with Gasteiger partial charge in [-0.15, -0.1) is 0 Å². The van der Waals surface area contributed by atoms with E-state index in [1.807, 2.05) is 30.3 Å². The van der Waals surface area contributed by atoms with Crippen LogP contribution in [0.15, 0.2) is 58.1 Å². The zero-order chi connectivity index (χ0) is 13.4. The highest BCUT2D eigenvalue weighted by Crippen LogP contribution is 2.27. The Hall–Kier alpha value is -1.65. The van der Waals surface area contributed by atoms with E-state index in [0.717, 1.165) is 5.69 Å². The summed E-state index contributed by atoms with van der Waals surface area (Å²) in [5.41, 5.74) is 1.17. The van der Waals surface area contributed by atoms with Crippen molar-refractivity contribution in [1.29, 1.82) is 0 Å². The average Bonchev–Trinajstić information content (AvgIpc) is 2.44. The molecule has 19 heavy (non-hydrogen) atoms. The molecule has 0 fully saturated rings. The molecule has 0 bridgehead atoms. The number of para-hydroxylation sites is 1. The Kier molecular flexibility index (Phi) is 3.12. The first kappa shape index (κ1) is 12.4. The monoisotopic (exact) mass is 334 g/mol. The summed E-state index contributed by atoms with van der Waals surface area (Å²) in [7, 11) is 0. The van der Waals surface area contributed by atoms with E-state index in [0.29, 0.717) is 20.4 Å². The van der Waals surface area contributed by atoms with Gasteiger partial charge >= 0.3 is 0 Å². The lowest BCUT2D eigenvalue weighted by atomic mass is 10.2. The van der Waals surface area contributed by atoms with Crippen LogP contribution in [0.5, 0.6) is 0 Å². The molecular formula is C14H8BrClN2O. The zero-order valence-electron chi connectivity index (χ0n) is 9.68. The highest BCUT2D eigenvalue weighted by Gasteiger charge is 2.11. The molecule has 3 rings (SSSR count). The summed E-state index contributed by atoms with van der Waals surface area (Å²) in [4.78, 5) is 16.8. The number of aromatic nitrogens is 2. The van der Waals surface area contributed by atoms with Gasteiger partial charge in [0.2, 0.25) is 0 Å². The van der Waals surface area contributed by atoms with Crippen molar-refractivity contribution >= 4 is 38.4 Å². The maximum absolute atomic E-state index is 12.5. The van der Waals surface area contributed by atoms with E-state index in [1.165, 1.54) is 10.9 Å². The molecule has 3 aromatic rings. The number of fused-ring (bicyclic) bond motifs is 1. The van der Waals surface area contributed by atoms with Gasteiger partial charge in [0.15, 0.2) is 0 Å². The molecule has 0 N–H and O–H groups in total. The third-order valence-electron chi connectivity index (χ3n) is 2.85. The first-order chi connectivity index (χ1) is 9.18. The van der Waals surface area contributed by atoms with Gasteiger partial charge in [-0.25, -0.2) is 4.98 Å². The third-order valence-corrected chi connectivity index (χ3v) is 4.13. The van der Waals surface area contributed by atoms with Crippen molar-refractivity contribution in [1.82, 2.24) is 9.55 Å². The predicted octanol–water partition coefficient (Wildman–Crippen LogP) is 3.80. The lowest BCUT2D eigenvalue weighted by molar-refractivity contribution is 0.963. The number of nitrogens with zero attached hydrogens (tertiary/aromatic N) is 2. The fraction of sp³-hybridized carbons (Fsp3) is 0. The van der Waals surface area contributed by atoms with Gasteiger partial charge in [-0.3, -0.25) is 9.36 Å². The summed E-state index contributed by atoms with van der Waals surface area (Å²) in [6.07, 6.45) is 1.52. The molecule has 0 amide bonds. The highest BCUT2D eigenvalue weighted by molar-refractivity contribution is 9.10. The van der Waals surface area contributed by atoms with Crippen LogP contribution in [0.4, 0.5) is 0 Å². The van der Waals surface area contributed by atoms with E-state index >= 15 is 0 Å². The van der Waals surface area contributed by atoms with Crippen molar-refractivity contribution in [2.24, 2.45) is 0 Å². The molecular weight excluding hydrogens is 328 g/mol. The Balaban J connectivity index is 2.39. The van der Waals surface area contributed by atoms with E-state index in [4.69, 9.17) is 11.6 Å². The van der Waals surface area contributed by atoms with Gasteiger partial charge in [-0.1, -0.05) is 29.8 Å². The maximum atomic E-state index is 12.5. The average molecular weight is 336 g/mol. The van der Waals surface area contributed by atoms with Crippen molar-refractivity contribution in [3.63, 3.8) is 0 Å². The molecule has 0 aliphatic rings. The summed E-state index contributed by atoms with van der Waals surface area (Å²) in [6, 6.07) is 12.9. The molecule has 1 aromatic heterocycles. The smallest absolute Gasteiger partial charge is 0.267 e. The molecule has 0 aliphatic carbocycles. The number of hydrogen-bond acceptors (Lipinski definition) is 2. The normalized spacial score (nSPS) is 10.8. The molecule has 0 unspecified atom stereocenters. The second-order valence-corrected chi connectivity index (χ2v) is 5.24. The van der Waals surface area contributed by atoms with Crippen LogP contribution < -0.4 is 5.56 Å². The highest BCUT2D eigenvalue weighted by atomic mass is 79.9. The Morgan fingerprint density at radius 2 is 1.84 bits per heavy atom. The van der Waals surface area contributed by atoms with Gasteiger partial charge in [0.1, 0.15) is 6.33 Å². The molecule has 2 aromatic carbocycles. The van der Waals surface area contributed by atoms with E-state index in [-0.39, 0.29) is 5.56 Å². The summed E-state index contributed by atoms with van der Waals surface area (Å²) in [5, 5.41) is 0.808. The van der Waals surface area contributed by atoms with Crippen LogP contribution in [0.1, 0.15) is 0 Å². The second-order valence-electron chi connectivity index (χ2n) is 4.01. The van der Waals surface area contributed by atoms with Crippen LogP contribution in [0.25, 0.3) is 16.6 Å². The number of hydrogen-bond donors (Lipinski definition) is 0. The van der Waals surface area contributed by atoms with Crippen LogP contribution in [0, 0.1) is 0 Å². The van der Waals surface area contributed by atoms with Gasteiger partial charge < -0.3 is 0 Å². The largest absolute Gasteiger partial charge is 0.268 e. The SMILES string of the molecule is O=c1c2c(Cl)c(Br)ccc2ncn1-c1ccccc1. The summed E-state index contributed by atoms with van der Waals surface area (Å²) < 4.78 is 2.17. The minimum atomic E-state index is -0.178. The van der Waals surface area contributed by atoms with Crippen molar-refractivity contribution in [2.45, 2.75) is 0 Å². The fourth-order valence-electron chi connectivity index (χ4n) is 1.92. The minimum absolute atomic E-state index is 0.178. The molecule has 0 spiro atoms. The number of benzene rings is 2. The topological polar surface area (TPSA) is 34.9 Å². The van der Waals surface area contributed by atoms with Gasteiger partial charge in [0, 0.05) is 4.47 Å². The van der Waals surface area contributed by atoms with Gasteiger partial charge in [-0.05, 0) is 40.2 Å². The molecule has 0 aliphatic heterocycles. The Labute approximate surface area is 122 Å². The van der Waals surface area contributed by atoms with Gasteiger partial charge in [0.25, 0.3) is 5.56 Å². The second kappa shape index (κ2) is 4.79. The lowest BCUT2D eigenvalue weighted by Crippen LogP contribution is -2.19. The summed E-state index contributed by atoms with van der Waals surface area (Å²) in [5.74, 6) is 0. The quantitative estimate of drug-likeness (QED) is 0.678. The number of halogens is 2. The summed E-state index contributed by atoms with van der Waals surface area (Å²) >= 11 is 9.51. The molecule has 0 saturated heterocycles. The predicted molar refractivity (Wildman–Crippen MR) is 80.1 cm³/mol. The van der Waals surface area contributed by atoms with E-state index in [1.54, 1.807) is 12.1 Å². The Morgan fingerprint density at radius 1 is 1.11 bits per heavy atom. The first-order valence-corrected chi connectivity index (χ1v) is 6.76. The minimum Gasteiger partial charge on any atom is -0.268 e. The third kappa shape index (κ3) is 2.07. The maximum Gasteiger partial charge on any atom is 0.267 e. The molecule has 3 nitrogen and oxygen atoms in total. The van der Waals surface area contributed by atoms with E-state index < -0.39 is 0 Å². The fourth-order valence-corrected chi connectivity index (χ4v) is 2.49. The first-order valence-electron chi connectivity index (χ1n) is 5.59. The van der Waals surface area contributed by atoms with Crippen LogP contribution in [-0.2, 0) is 0 Å². The zero-order valence-corrected chi connectivity index (χ0v) is 12.0. The van der Waals surface area contributed by atoms with Crippen molar-refractivity contribution in [3.05, 3.63) is 68.6 Å². The molecule has 0 atom stereocenters. The number of rotatable bonds is 1.